The third-order valence-electron chi connectivity index (χ3n) is 3.77. The maximum absolute atomic E-state index is 12.0. The van der Waals surface area contributed by atoms with Gasteiger partial charge in [-0.15, -0.1) is 0 Å². The molecule has 0 aliphatic carbocycles. The molecule has 1 heterocycles. The van der Waals surface area contributed by atoms with Crippen molar-refractivity contribution in [2.75, 3.05) is 40.3 Å². The summed E-state index contributed by atoms with van der Waals surface area (Å²) in [6.45, 7) is 3.74. The Morgan fingerprint density at radius 1 is 1.32 bits per heavy atom. The van der Waals surface area contributed by atoms with Gasteiger partial charge >= 0.3 is 0 Å². The lowest BCUT2D eigenvalue weighted by Gasteiger charge is -2.38. The normalized spacial score (nSPS) is 21.3. The molecule has 4 nitrogen and oxygen atoms in total. The Bertz CT molecular complexity index is 407. The minimum atomic E-state index is -0.0209. The number of piperazine rings is 1. The van der Waals surface area contributed by atoms with Crippen LogP contribution in [0.4, 0.5) is 0 Å². The summed E-state index contributed by atoms with van der Waals surface area (Å²) in [5.74, 6) is 0.125. The number of benzene rings is 1. The van der Waals surface area contributed by atoms with Crippen LogP contribution in [0.1, 0.15) is 5.56 Å². The maximum Gasteiger partial charge on any atom is 0.238 e. The summed E-state index contributed by atoms with van der Waals surface area (Å²) < 4.78 is 0. The Morgan fingerprint density at radius 2 is 2.05 bits per heavy atom. The molecule has 1 aliphatic rings. The van der Waals surface area contributed by atoms with Gasteiger partial charge in [0.1, 0.15) is 6.04 Å². The van der Waals surface area contributed by atoms with Crippen LogP contribution in [0.5, 0.6) is 0 Å². The van der Waals surface area contributed by atoms with Gasteiger partial charge in [0.15, 0.2) is 0 Å². The average Bonchev–Trinajstić information content (AvgIpc) is 2.46. The van der Waals surface area contributed by atoms with Crippen LogP contribution in [-0.4, -0.2) is 62.0 Å². The van der Waals surface area contributed by atoms with E-state index in [4.69, 9.17) is 0 Å². The van der Waals surface area contributed by atoms with Crippen molar-refractivity contribution in [3.05, 3.63) is 35.9 Å². The Balaban J connectivity index is 1.95. The molecule has 1 N–H and O–H groups in total. The van der Waals surface area contributed by atoms with Gasteiger partial charge in [0, 0.05) is 33.2 Å². The number of nitrogens with zero attached hydrogens (tertiary/aromatic N) is 2. The minimum Gasteiger partial charge on any atom is -0.358 e. The summed E-state index contributed by atoms with van der Waals surface area (Å²) in [7, 11) is 3.79. The van der Waals surface area contributed by atoms with Gasteiger partial charge in [-0.25, -0.2) is 0 Å². The second kappa shape index (κ2) is 6.68. The Kier molecular flexibility index (Phi) is 4.93. The van der Waals surface area contributed by atoms with Crippen molar-refractivity contribution in [2.24, 2.45) is 0 Å². The summed E-state index contributed by atoms with van der Waals surface area (Å²) in [5, 5.41) is 2.78. The molecule has 1 amide bonds. The molecule has 104 valence electrons. The highest BCUT2D eigenvalue weighted by molar-refractivity contribution is 5.81. The van der Waals surface area contributed by atoms with Crippen molar-refractivity contribution in [2.45, 2.75) is 12.5 Å². The van der Waals surface area contributed by atoms with Crippen LogP contribution in [0.25, 0.3) is 0 Å². The molecule has 0 spiro atoms. The van der Waals surface area contributed by atoms with E-state index < -0.39 is 0 Å². The highest BCUT2D eigenvalue weighted by Gasteiger charge is 2.29. The lowest BCUT2D eigenvalue weighted by molar-refractivity contribution is -0.128. The number of likely N-dealkylation sites (N-methyl/N-ethyl adjacent to an activating group) is 2. The predicted octanol–water partition coefficient (Wildman–Crippen LogP) is 0.591. The summed E-state index contributed by atoms with van der Waals surface area (Å²) in [4.78, 5) is 16.5. The maximum atomic E-state index is 12.0. The Morgan fingerprint density at radius 3 is 2.74 bits per heavy atom. The fraction of sp³-hybridized carbons (Fsp3) is 0.533. The van der Waals surface area contributed by atoms with E-state index in [0.717, 1.165) is 32.6 Å². The quantitative estimate of drug-likeness (QED) is 0.862. The first kappa shape index (κ1) is 14.0. The molecule has 1 saturated heterocycles. The monoisotopic (exact) mass is 261 g/mol. The first-order chi connectivity index (χ1) is 9.20. The van der Waals surface area contributed by atoms with E-state index in [1.165, 1.54) is 5.56 Å². The van der Waals surface area contributed by atoms with Gasteiger partial charge in [-0.2, -0.15) is 0 Å². The van der Waals surface area contributed by atoms with Crippen molar-refractivity contribution in [1.82, 2.24) is 15.1 Å². The van der Waals surface area contributed by atoms with Crippen molar-refractivity contribution in [3.63, 3.8) is 0 Å². The van der Waals surface area contributed by atoms with Crippen molar-refractivity contribution in [1.29, 1.82) is 0 Å². The highest BCUT2D eigenvalue weighted by atomic mass is 16.2. The topological polar surface area (TPSA) is 35.6 Å². The van der Waals surface area contributed by atoms with Crippen LogP contribution in [0.15, 0.2) is 30.3 Å². The smallest absolute Gasteiger partial charge is 0.238 e. The second-order valence-electron chi connectivity index (χ2n) is 5.16. The fourth-order valence-corrected chi connectivity index (χ4v) is 2.56. The number of carbonyl (C=O) groups excluding carboxylic acids is 1. The molecule has 1 aliphatic heterocycles. The molecule has 1 aromatic rings. The van der Waals surface area contributed by atoms with Crippen molar-refractivity contribution in [3.8, 4) is 0 Å². The second-order valence-corrected chi connectivity index (χ2v) is 5.16. The zero-order valence-electron chi connectivity index (χ0n) is 11.8. The first-order valence-electron chi connectivity index (χ1n) is 6.89. The molecular formula is C15H23N3O. The van der Waals surface area contributed by atoms with Gasteiger partial charge in [-0.1, -0.05) is 30.3 Å². The van der Waals surface area contributed by atoms with Gasteiger partial charge in [0.25, 0.3) is 0 Å². The van der Waals surface area contributed by atoms with E-state index in [9.17, 15) is 4.79 Å². The third kappa shape index (κ3) is 3.78. The average molecular weight is 261 g/mol. The lowest BCUT2D eigenvalue weighted by Crippen LogP contribution is -2.58. The van der Waals surface area contributed by atoms with E-state index in [1.54, 1.807) is 7.05 Å². The molecule has 2 rings (SSSR count). The summed E-state index contributed by atoms with van der Waals surface area (Å²) in [5.41, 5.74) is 1.33. The number of nitrogens with one attached hydrogen (secondary N) is 1. The first-order valence-corrected chi connectivity index (χ1v) is 6.89. The lowest BCUT2D eigenvalue weighted by atomic mass is 10.1. The van der Waals surface area contributed by atoms with Crippen LogP contribution in [0.2, 0.25) is 0 Å². The van der Waals surface area contributed by atoms with Gasteiger partial charge in [-0.3, -0.25) is 9.69 Å². The van der Waals surface area contributed by atoms with Crippen LogP contribution in [0.3, 0.4) is 0 Å². The fourth-order valence-electron chi connectivity index (χ4n) is 2.56. The van der Waals surface area contributed by atoms with E-state index in [-0.39, 0.29) is 11.9 Å². The van der Waals surface area contributed by atoms with Gasteiger partial charge in [-0.05, 0) is 19.0 Å². The van der Waals surface area contributed by atoms with Crippen LogP contribution in [-0.2, 0) is 11.2 Å². The Hall–Kier alpha value is -1.39. The van der Waals surface area contributed by atoms with Gasteiger partial charge in [0.05, 0.1) is 0 Å². The molecule has 1 unspecified atom stereocenters. The molecule has 4 heteroatoms. The molecular weight excluding hydrogens is 238 g/mol. The standard InChI is InChI=1S/C15H23N3O/c1-16-15(19)14-12-17(2)10-11-18(14)9-8-13-6-4-3-5-7-13/h3-7,14H,8-12H2,1-2H3,(H,16,19). The number of rotatable bonds is 4. The molecule has 1 atom stereocenters. The predicted molar refractivity (Wildman–Crippen MR) is 77.1 cm³/mol. The van der Waals surface area contributed by atoms with Crippen LogP contribution < -0.4 is 5.32 Å². The van der Waals surface area contributed by atoms with Crippen LogP contribution >= 0.6 is 0 Å². The molecule has 0 bridgehead atoms. The SMILES string of the molecule is CNC(=O)C1CN(C)CCN1CCc1ccccc1. The molecule has 1 fully saturated rings. The summed E-state index contributed by atoms with van der Waals surface area (Å²) in [6, 6.07) is 10.4. The van der Waals surface area contributed by atoms with E-state index in [1.807, 2.05) is 6.07 Å². The molecule has 19 heavy (non-hydrogen) atoms. The van der Waals surface area contributed by atoms with Crippen molar-refractivity contribution >= 4 is 5.91 Å². The largest absolute Gasteiger partial charge is 0.358 e. The molecule has 0 saturated carbocycles. The van der Waals surface area contributed by atoms with Crippen LogP contribution in [0, 0.1) is 0 Å². The van der Waals surface area contributed by atoms with E-state index in [0.29, 0.717) is 0 Å². The molecule has 0 radical (unpaired) electrons. The molecule has 0 aromatic heterocycles. The zero-order valence-corrected chi connectivity index (χ0v) is 11.8. The molecule has 1 aromatic carbocycles. The number of carbonyl (C=O) groups is 1. The third-order valence-corrected chi connectivity index (χ3v) is 3.77. The number of amides is 1. The summed E-state index contributed by atoms with van der Waals surface area (Å²) >= 11 is 0. The minimum absolute atomic E-state index is 0.0209. The van der Waals surface area contributed by atoms with Gasteiger partial charge < -0.3 is 10.2 Å². The Labute approximate surface area is 115 Å². The highest BCUT2D eigenvalue weighted by Crippen LogP contribution is 2.10. The number of hydrogen-bond acceptors (Lipinski definition) is 3. The van der Waals surface area contributed by atoms with E-state index in [2.05, 4.69) is 46.4 Å². The van der Waals surface area contributed by atoms with Gasteiger partial charge in [0.2, 0.25) is 5.91 Å². The zero-order chi connectivity index (χ0) is 13.7. The van der Waals surface area contributed by atoms with E-state index >= 15 is 0 Å². The number of hydrogen-bond donors (Lipinski definition) is 1. The summed E-state index contributed by atoms with van der Waals surface area (Å²) in [6.07, 6.45) is 0.998. The van der Waals surface area contributed by atoms with Crippen molar-refractivity contribution < 1.29 is 4.79 Å².